The normalized spacial score (nSPS) is 17.2. The van der Waals surface area contributed by atoms with E-state index in [1.54, 1.807) is 18.2 Å². The molecular formula is C47H61ClN3O5Si+. The number of nitrogens with zero attached hydrogens (tertiary/aromatic N) is 2. The number of alkyl halides is 1. The summed E-state index contributed by atoms with van der Waals surface area (Å²) in [5, 5.41) is 18.4. The fourth-order valence-corrected chi connectivity index (χ4v) is 12.0. The minimum absolute atomic E-state index is 0.161. The van der Waals surface area contributed by atoms with Crippen molar-refractivity contribution in [3.8, 4) is 0 Å². The molecule has 0 radical (unpaired) electrons. The Balaban J connectivity index is 1.43. The lowest BCUT2D eigenvalue weighted by Gasteiger charge is -2.43. The van der Waals surface area contributed by atoms with Crippen molar-refractivity contribution >= 4 is 64.3 Å². The molecular weight excluding hydrogens is 750 g/mol. The molecule has 0 fully saturated rings. The van der Waals surface area contributed by atoms with Crippen LogP contribution < -0.4 is 35.7 Å². The molecule has 2 N–H and O–H groups in total. The van der Waals surface area contributed by atoms with Crippen molar-refractivity contribution in [2.24, 2.45) is 0 Å². The fraction of sp³-hybridized carbons (Fsp3) is 0.468. The molecule has 57 heavy (non-hydrogen) atoms. The van der Waals surface area contributed by atoms with Gasteiger partial charge in [-0.1, -0.05) is 32.0 Å². The van der Waals surface area contributed by atoms with Crippen LogP contribution in [0.4, 0.5) is 5.69 Å². The van der Waals surface area contributed by atoms with Crippen LogP contribution in [0.3, 0.4) is 0 Å². The Morgan fingerprint density at radius 3 is 2.21 bits per heavy atom. The molecule has 6 rings (SSSR count). The Bertz CT molecular complexity index is 2290. The van der Waals surface area contributed by atoms with Crippen molar-refractivity contribution in [2.45, 2.75) is 91.4 Å². The van der Waals surface area contributed by atoms with Gasteiger partial charge >= 0.3 is 5.97 Å². The van der Waals surface area contributed by atoms with Crippen molar-refractivity contribution < 1.29 is 24.2 Å². The van der Waals surface area contributed by atoms with E-state index in [1.165, 1.54) is 32.6 Å². The number of rotatable bonds is 15. The van der Waals surface area contributed by atoms with Crippen LogP contribution in [-0.4, -0.2) is 89.1 Å². The number of benzene rings is 3. The summed E-state index contributed by atoms with van der Waals surface area (Å²) in [7, 11) is 1.90. The zero-order chi connectivity index (χ0) is 41.4. The summed E-state index contributed by atoms with van der Waals surface area (Å²) in [5.41, 5.74) is 8.46. The largest absolute Gasteiger partial charge is 0.478 e. The van der Waals surface area contributed by atoms with Crippen LogP contribution in [0.5, 0.6) is 0 Å². The first-order chi connectivity index (χ1) is 26.9. The highest BCUT2D eigenvalue weighted by molar-refractivity contribution is 7.01. The molecule has 0 spiro atoms. The van der Waals surface area contributed by atoms with Crippen molar-refractivity contribution in [3.05, 3.63) is 98.6 Å². The minimum Gasteiger partial charge on any atom is -0.478 e. The number of hydrogen-bond donors (Lipinski definition) is 2. The van der Waals surface area contributed by atoms with E-state index >= 15 is 0 Å². The number of amides is 1. The highest BCUT2D eigenvalue weighted by Gasteiger charge is 2.41. The quantitative estimate of drug-likeness (QED) is 0.0814. The van der Waals surface area contributed by atoms with Gasteiger partial charge in [0.2, 0.25) is 5.36 Å². The first-order valence-corrected chi connectivity index (χ1v) is 23.9. The molecule has 3 aliphatic rings. The van der Waals surface area contributed by atoms with Crippen LogP contribution in [0.1, 0.15) is 110 Å². The number of anilines is 1. The van der Waals surface area contributed by atoms with E-state index in [9.17, 15) is 14.7 Å². The Morgan fingerprint density at radius 2 is 1.51 bits per heavy atom. The smallest absolute Gasteiger partial charge is 0.336 e. The maximum absolute atomic E-state index is 13.7. The molecule has 0 unspecified atom stereocenters. The molecule has 304 valence electrons. The van der Waals surface area contributed by atoms with Gasteiger partial charge in [-0.25, -0.2) is 9.37 Å². The SMILES string of the molecule is CC1=CC(C)(C)N(C)c2cc3c(cc21)C(c1cc(C(=O)NCCOCCOCCCCCCCl)ccc1C(=O)O)=c1cc2c(cc1[Si]3(C)C)=[N+](C)C(C)(C)C=C2C. The lowest BCUT2D eigenvalue weighted by Crippen LogP contribution is -2.64. The van der Waals surface area contributed by atoms with E-state index in [-0.39, 0.29) is 22.5 Å². The molecule has 0 atom stereocenters. The van der Waals surface area contributed by atoms with E-state index in [2.05, 4.69) is 120 Å². The van der Waals surface area contributed by atoms with Crippen molar-refractivity contribution in [1.29, 1.82) is 0 Å². The number of fused-ring (bicyclic) bond motifs is 4. The summed E-state index contributed by atoms with van der Waals surface area (Å²) in [4.78, 5) is 29.2. The predicted octanol–water partition coefficient (Wildman–Crippen LogP) is 6.28. The molecule has 3 aromatic rings. The number of hydrogen-bond acceptors (Lipinski definition) is 5. The summed E-state index contributed by atoms with van der Waals surface area (Å²) < 4.78 is 13.8. The number of aromatic carboxylic acids is 1. The van der Waals surface area contributed by atoms with Crippen LogP contribution >= 0.6 is 11.6 Å². The molecule has 0 aliphatic carbocycles. The average molecular weight is 812 g/mol. The van der Waals surface area contributed by atoms with E-state index < -0.39 is 14.0 Å². The third-order valence-electron chi connectivity index (χ3n) is 12.5. The number of unbranched alkanes of at least 4 members (excludes halogenated alkanes) is 3. The fourth-order valence-electron chi connectivity index (χ4n) is 8.81. The summed E-state index contributed by atoms with van der Waals surface area (Å²) in [6.07, 6.45) is 8.88. The minimum atomic E-state index is -2.41. The van der Waals surface area contributed by atoms with Crippen LogP contribution in [-0.2, 0) is 9.47 Å². The third-order valence-corrected chi connectivity index (χ3v) is 16.2. The van der Waals surface area contributed by atoms with Gasteiger partial charge in [0.1, 0.15) is 15.1 Å². The molecule has 8 nitrogen and oxygen atoms in total. The van der Waals surface area contributed by atoms with Crippen molar-refractivity contribution in [3.63, 3.8) is 0 Å². The second-order valence-corrected chi connectivity index (χ2v) is 22.3. The summed E-state index contributed by atoms with van der Waals surface area (Å²) in [6.45, 7) is 20.4. The molecule has 3 aromatic carbocycles. The van der Waals surface area contributed by atoms with Gasteiger partial charge in [0.25, 0.3) is 5.91 Å². The van der Waals surface area contributed by atoms with Crippen LogP contribution in [0.25, 0.3) is 16.7 Å². The van der Waals surface area contributed by atoms with Crippen molar-refractivity contribution in [1.82, 2.24) is 9.89 Å². The Morgan fingerprint density at radius 1 is 0.825 bits per heavy atom. The molecule has 0 saturated heterocycles. The number of allylic oxidation sites excluding steroid dienone is 2. The first-order valence-electron chi connectivity index (χ1n) is 20.4. The molecule has 0 bridgehead atoms. The molecule has 3 heterocycles. The van der Waals surface area contributed by atoms with Crippen LogP contribution in [0, 0.1) is 0 Å². The maximum atomic E-state index is 13.7. The van der Waals surface area contributed by atoms with Crippen LogP contribution in [0.2, 0.25) is 13.1 Å². The number of carbonyl (C=O) groups is 2. The van der Waals surface area contributed by atoms with E-state index in [1.807, 2.05) is 0 Å². The number of nitrogens with one attached hydrogen (secondary N) is 1. The van der Waals surface area contributed by atoms with Gasteiger partial charge in [-0.2, -0.15) is 0 Å². The van der Waals surface area contributed by atoms with Gasteiger partial charge in [-0.15, -0.1) is 11.6 Å². The number of carbonyl (C=O) groups excluding carboxylic acids is 1. The van der Waals surface area contributed by atoms with Gasteiger partial charge in [-0.05, 0) is 126 Å². The number of carboxylic acid groups (broad SMARTS) is 1. The Hall–Kier alpha value is -4.02. The maximum Gasteiger partial charge on any atom is 0.336 e. The second-order valence-electron chi connectivity index (χ2n) is 17.6. The number of ether oxygens (including phenoxy) is 2. The van der Waals surface area contributed by atoms with E-state index in [0.717, 1.165) is 53.2 Å². The molecule has 10 heteroatoms. The summed E-state index contributed by atoms with van der Waals surface area (Å²) in [6, 6.07) is 14.3. The van der Waals surface area contributed by atoms with Crippen LogP contribution in [0.15, 0.2) is 54.6 Å². The third kappa shape index (κ3) is 8.31. The summed E-state index contributed by atoms with van der Waals surface area (Å²) >= 11 is 5.74. The Kier molecular flexibility index (Phi) is 12.5. The summed E-state index contributed by atoms with van der Waals surface area (Å²) in [5.74, 6) is -0.612. The number of likely N-dealkylation sites (N-methyl/N-ethyl adjacent to an activating group) is 2. The Labute approximate surface area is 344 Å². The molecule has 0 aromatic heterocycles. The van der Waals surface area contributed by atoms with Gasteiger partial charge in [0, 0.05) is 68.4 Å². The topological polar surface area (TPSA) is 91.1 Å². The van der Waals surface area contributed by atoms with Gasteiger partial charge < -0.3 is 24.8 Å². The standard InChI is InChI=1S/C47H60ClN3O5Si/c1-30-28-46(3,4)50(7)39-26-41-37(24-34(30)39)43(38-25-35-31(2)29-47(5,6)51(8)40(35)27-42(38)57(41,9)10)36-23-32(15-16-33(36)45(53)54)44(52)49-18-20-56-22-21-55-19-14-12-11-13-17-48/h15-16,23-29H,11-14,17-22H2,1-10H3,(H-,49,52,53,54)/p+1. The lowest BCUT2D eigenvalue weighted by atomic mass is 9.84. The average Bonchev–Trinajstić information content (AvgIpc) is 3.15. The lowest BCUT2D eigenvalue weighted by molar-refractivity contribution is 0.0468. The molecule has 3 aliphatic heterocycles. The zero-order valence-electron chi connectivity index (χ0n) is 35.6. The molecule has 0 saturated carbocycles. The number of carboxylic acids is 1. The van der Waals surface area contributed by atoms with Crippen molar-refractivity contribution in [2.75, 3.05) is 57.8 Å². The highest BCUT2D eigenvalue weighted by Crippen LogP contribution is 2.40. The number of halogens is 1. The van der Waals surface area contributed by atoms with Gasteiger partial charge in [0.15, 0.2) is 5.54 Å². The first kappa shape index (κ1) is 42.6. The highest BCUT2D eigenvalue weighted by atomic mass is 35.5. The van der Waals surface area contributed by atoms with Gasteiger partial charge in [-0.3, -0.25) is 4.79 Å². The zero-order valence-corrected chi connectivity index (χ0v) is 37.4. The van der Waals surface area contributed by atoms with E-state index in [0.29, 0.717) is 50.0 Å². The predicted molar refractivity (Wildman–Crippen MR) is 238 cm³/mol. The van der Waals surface area contributed by atoms with E-state index in [4.69, 9.17) is 21.1 Å². The molecule has 1 amide bonds. The van der Waals surface area contributed by atoms with Gasteiger partial charge in [0.05, 0.1) is 30.9 Å². The monoisotopic (exact) mass is 810 g/mol. The second kappa shape index (κ2) is 16.7.